The van der Waals surface area contributed by atoms with Crippen LogP contribution in [0.15, 0.2) is 16.7 Å². The van der Waals surface area contributed by atoms with Crippen molar-refractivity contribution in [3.63, 3.8) is 0 Å². The maximum atomic E-state index is 12.4. The van der Waals surface area contributed by atoms with Gasteiger partial charge in [-0.15, -0.1) is 0 Å². The van der Waals surface area contributed by atoms with Crippen molar-refractivity contribution >= 4 is 27.7 Å². The highest BCUT2D eigenvalue weighted by Gasteiger charge is 2.25. The molecule has 0 aliphatic carbocycles. The molecule has 1 aromatic rings. The van der Waals surface area contributed by atoms with Crippen LogP contribution in [-0.4, -0.2) is 77.3 Å². The quantitative estimate of drug-likeness (QED) is 0.862. The molecule has 126 valence electrons. The van der Waals surface area contributed by atoms with Gasteiger partial charge in [0.05, 0.1) is 6.54 Å². The molecule has 0 bridgehead atoms. The first-order valence-corrected chi connectivity index (χ1v) is 9.06. The average Bonchev–Trinajstić information content (AvgIpc) is 3.02. The molecule has 3 heterocycles. The highest BCUT2D eigenvalue weighted by molar-refractivity contribution is 9.10. The lowest BCUT2D eigenvalue weighted by Gasteiger charge is -2.35. The Morgan fingerprint density at radius 2 is 1.70 bits per heavy atom. The van der Waals surface area contributed by atoms with E-state index in [2.05, 4.69) is 25.8 Å². The van der Waals surface area contributed by atoms with Crippen molar-refractivity contribution in [1.82, 2.24) is 19.7 Å². The van der Waals surface area contributed by atoms with Crippen LogP contribution in [0.3, 0.4) is 0 Å². The highest BCUT2D eigenvalue weighted by atomic mass is 79.9. The van der Waals surface area contributed by atoms with Crippen molar-refractivity contribution in [3.05, 3.63) is 22.4 Å². The number of rotatable bonds is 3. The van der Waals surface area contributed by atoms with E-state index < -0.39 is 0 Å². The number of H-pyrrole nitrogens is 1. The second-order valence-corrected chi connectivity index (χ2v) is 7.16. The largest absolute Gasteiger partial charge is 0.356 e. The summed E-state index contributed by atoms with van der Waals surface area (Å²) in [6.45, 7) is 5.14. The Bertz CT molecular complexity index is 560. The van der Waals surface area contributed by atoms with Gasteiger partial charge in [-0.25, -0.2) is 0 Å². The van der Waals surface area contributed by atoms with Gasteiger partial charge in [-0.05, 0) is 41.3 Å². The van der Waals surface area contributed by atoms with Gasteiger partial charge in [0.15, 0.2) is 0 Å². The number of piperazine rings is 1. The Morgan fingerprint density at radius 3 is 2.30 bits per heavy atom. The lowest BCUT2D eigenvalue weighted by molar-refractivity contribution is -0.133. The molecule has 23 heavy (non-hydrogen) atoms. The first-order valence-electron chi connectivity index (χ1n) is 8.27. The number of carbonyl (C=O) groups is 2. The fourth-order valence-electron chi connectivity index (χ4n) is 3.21. The van der Waals surface area contributed by atoms with Crippen LogP contribution in [0.1, 0.15) is 29.8 Å². The van der Waals surface area contributed by atoms with Crippen LogP contribution in [0.5, 0.6) is 0 Å². The third-order valence-electron chi connectivity index (χ3n) is 4.61. The Morgan fingerprint density at radius 1 is 1.00 bits per heavy atom. The lowest BCUT2D eigenvalue weighted by atomic mass is 10.1. The summed E-state index contributed by atoms with van der Waals surface area (Å²) in [6, 6.07) is 1.80. The summed E-state index contributed by atoms with van der Waals surface area (Å²) in [5, 5.41) is 0. The van der Waals surface area contributed by atoms with Gasteiger partial charge in [0.1, 0.15) is 5.69 Å². The minimum Gasteiger partial charge on any atom is -0.356 e. The highest BCUT2D eigenvalue weighted by Crippen LogP contribution is 2.14. The molecule has 2 aliphatic rings. The summed E-state index contributed by atoms with van der Waals surface area (Å²) in [4.78, 5) is 33.6. The van der Waals surface area contributed by atoms with Crippen molar-refractivity contribution in [1.29, 1.82) is 0 Å². The van der Waals surface area contributed by atoms with Crippen molar-refractivity contribution in [2.24, 2.45) is 0 Å². The van der Waals surface area contributed by atoms with E-state index in [0.717, 1.165) is 43.5 Å². The molecule has 0 unspecified atom stereocenters. The number of piperidine rings is 1. The molecule has 2 fully saturated rings. The van der Waals surface area contributed by atoms with Crippen molar-refractivity contribution in [3.8, 4) is 0 Å². The number of aromatic amines is 1. The molecule has 0 atom stereocenters. The Balaban J connectivity index is 1.46. The molecule has 0 spiro atoms. The normalized spacial score (nSPS) is 19.9. The average molecular weight is 383 g/mol. The van der Waals surface area contributed by atoms with E-state index in [1.54, 1.807) is 12.3 Å². The van der Waals surface area contributed by atoms with Gasteiger partial charge in [0.25, 0.3) is 5.91 Å². The topological polar surface area (TPSA) is 59.7 Å². The molecule has 2 aliphatic heterocycles. The second-order valence-electron chi connectivity index (χ2n) is 6.24. The zero-order valence-corrected chi connectivity index (χ0v) is 14.8. The zero-order valence-electron chi connectivity index (χ0n) is 13.3. The number of likely N-dealkylation sites (tertiary alicyclic amines) is 1. The summed E-state index contributed by atoms with van der Waals surface area (Å²) in [6.07, 6.45) is 5.25. The molecule has 2 amide bonds. The molecule has 0 radical (unpaired) electrons. The smallest absolute Gasteiger partial charge is 0.270 e. The number of halogens is 1. The summed E-state index contributed by atoms with van der Waals surface area (Å²) >= 11 is 3.35. The van der Waals surface area contributed by atoms with E-state index >= 15 is 0 Å². The molecule has 2 saturated heterocycles. The predicted octanol–water partition coefficient (Wildman–Crippen LogP) is 1.55. The van der Waals surface area contributed by atoms with E-state index in [-0.39, 0.29) is 11.8 Å². The fourth-order valence-corrected chi connectivity index (χ4v) is 3.55. The maximum Gasteiger partial charge on any atom is 0.270 e. The predicted molar refractivity (Wildman–Crippen MR) is 91.3 cm³/mol. The number of aromatic nitrogens is 1. The van der Waals surface area contributed by atoms with Crippen LogP contribution in [-0.2, 0) is 4.79 Å². The monoisotopic (exact) mass is 382 g/mol. The number of hydrogen-bond donors (Lipinski definition) is 1. The molecule has 6 nitrogen and oxygen atoms in total. The third kappa shape index (κ3) is 4.14. The summed E-state index contributed by atoms with van der Waals surface area (Å²) in [7, 11) is 0. The first kappa shape index (κ1) is 16.5. The summed E-state index contributed by atoms with van der Waals surface area (Å²) in [5.74, 6) is 0.260. The van der Waals surface area contributed by atoms with Crippen LogP contribution in [0.25, 0.3) is 0 Å². The van der Waals surface area contributed by atoms with Crippen LogP contribution in [0.4, 0.5) is 0 Å². The number of nitrogens with one attached hydrogen (secondary N) is 1. The summed E-state index contributed by atoms with van der Waals surface area (Å²) < 4.78 is 0.881. The Hall–Kier alpha value is -1.34. The number of hydrogen-bond acceptors (Lipinski definition) is 3. The third-order valence-corrected chi connectivity index (χ3v) is 5.06. The van der Waals surface area contributed by atoms with Gasteiger partial charge in [-0.2, -0.15) is 0 Å². The minimum atomic E-state index is 0.0257. The molecule has 0 aromatic carbocycles. The van der Waals surface area contributed by atoms with Crippen molar-refractivity contribution in [2.45, 2.75) is 19.3 Å². The van der Waals surface area contributed by atoms with Crippen molar-refractivity contribution in [2.75, 3.05) is 45.8 Å². The molecule has 1 N–H and O–H groups in total. The number of carbonyl (C=O) groups excluding carboxylic acids is 2. The van der Waals surface area contributed by atoms with Gasteiger partial charge in [-0.3, -0.25) is 14.5 Å². The van der Waals surface area contributed by atoms with E-state index in [4.69, 9.17) is 0 Å². The van der Waals surface area contributed by atoms with Gasteiger partial charge in [-0.1, -0.05) is 0 Å². The van der Waals surface area contributed by atoms with Crippen molar-refractivity contribution < 1.29 is 9.59 Å². The maximum absolute atomic E-state index is 12.4. The Labute approximate surface area is 144 Å². The van der Waals surface area contributed by atoms with Gasteiger partial charge in [0, 0.05) is 49.9 Å². The Kier molecular flexibility index (Phi) is 5.38. The standard InChI is InChI=1S/C16H23BrN4O2/c17-13-10-14(18-11-13)16(23)21-8-6-19(7-9-21)12-15(22)20-4-2-1-3-5-20/h10-11,18H,1-9,12H2. The van der Waals surface area contributed by atoms with E-state index in [9.17, 15) is 9.59 Å². The molecule has 3 rings (SSSR count). The first-order chi connectivity index (χ1) is 11.1. The second kappa shape index (κ2) is 7.49. The summed E-state index contributed by atoms with van der Waals surface area (Å²) in [5.41, 5.74) is 0.606. The fraction of sp³-hybridized carbons (Fsp3) is 0.625. The van der Waals surface area contributed by atoms with E-state index in [0.29, 0.717) is 25.3 Å². The minimum absolute atomic E-state index is 0.0257. The molecule has 7 heteroatoms. The zero-order chi connectivity index (χ0) is 16.2. The molecular formula is C16H23BrN4O2. The van der Waals surface area contributed by atoms with E-state index in [1.807, 2.05) is 9.80 Å². The van der Waals surface area contributed by atoms with E-state index in [1.165, 1.54) is 6.42 Å². The van der Waals surface area contributed by atoms with Gasteiger partial charge >= 0.3 is 0 Å². The van der Waals surface area contributed by atoms with Gasteiger partial charge in [0.2, 0.25) is 5.91 Å². The molecular weight excluding hydrogens is 360 g/mol. The number of amides is 2. The molecule has 1 aromatic heterocycles. The van der Waals surface area contributed by atoms with Crippen LogP contribution < -0.4 is 0 Å². The van der Waals surface area contributed by atoms with Gasteiger partial charge < -0.3 is 14.8 Å². The lowest BCUT2D eigenvalue weighted by Crippen LogP contribution is -2.52. The SMILES string of the molecule is O=C(CN1CCN(C(=O)c2cc(Br)c[nH]2)CC1)N1CCCCC1. The number of nitrogens with zero attached hydrogens (tertiary/aromatic N) is 3. The molecule has 0 saturated carbocycles. The van der Waals surface area contributed by atoms with Crippen LogP contribution in [0.2, 0.25) is 0 Å². The van der Waals surface area contributed by atoms with Crippen LogP contribution in [0, 0.1) is 0 Å². The van der Waals surface area contributed by atoms with Crippen LogP contribution >= 0.6 is 15.9 Å².